The lowest BCUT2D eigenvalue weighted by atomic mass is 10.0. The summed E-state index contributed by atoms with van der Waals surface area (Å²) in [5.41, 5.74) is 1.88. The molecule has 0 spiro atoms. The molecule has 0 saturated heterocycles. The molecule has 0 saturated carbocycles. The lowest BCUT2D eigenvalue weighted by Crippen LogP contribution is -3.00. The van der Waals surface area contributed by atoms with E-state index in [2.05, 4.69) is 10.3 Å². The molecule has 0 aliphatic heterocycles. The number of carbonyl (C=O) groups excluding carboxylic acids is 2. The number of para-hydroxylation sites is 1. The molecule has 39 heavy (non-hydrogen) atoms. The minimum atomic E-state index is -4.52. The number of hydrogen-bond acceptors (Lipinski definition) is 3. The highest BCUT2D eigenvalue weighted by Gasteiger charge is 2.30. The van der Waals surface area contributed by atoms with Crippen molar-refractivity contribution in [3.63, 3.8) is 0 Å². The van der Waals surface area contributed by atoms with E-state index in [1.165, 1.54) is 12.1 Å². The van der Waals surface area contributed by atoms with Crippen molar-refractivity contribution in [1.82, 2.24) is 4.98 Å². The van der Waals surface area contributed by atoms with Crippen LogP contribution >= 0.6 is 0 Å². The highest BCUT2D eigenvalue weighted by atomic mass is 79.9. The second-order valence-corrected chi connectivity index (χ2v) is 8.65. The Balaban J connectivity index is 0.00000353. The summed E-state index contributed by atoms with van der Waals surface area (Å²) < 4.78 is 41.1. The van der Waals surface area contributed by atoms with Crippen LogP contribution in [0.3, 0.4) is 0 Å². The standard InChI is InChI=1S/C30H20F3N3O2.BrH/c31-30(32,33)22-9-6-10-23(17-22)34-29(38)25-18-27(35-26-12-5-4-11-24(25)26)20-13-15-36(16-14-20)19-28(37)21-7-2-1-3-8-21;/h1-18H,19H2;1H. The number of alkyl halides is 3. The molecule has 0 fully saturated rings. The molecular formula is C30H21BrF3N3O2. The van der Waals surface area contributed by atoms with E-state index in [1.54, 1.807) is 71.6 Å². The molecule has 2 heterocycles. The second kappa shape index (κ2) is 11.6. The molecule has 5 rings (SSSR count). The van der Waals surface area contributed by atoms with Gasteiger partial charge in [-0.15, -0.1) is 0 Å². The van der Waals surface area contributed by atoms with Crippen LogP contribution in [-0.2, 0) is 12.7 Å². The van der Waals surface area contributed by atoms with Crippen molar-refractivity contribution in [2.24, 2.45) is 0 Å². The fourth-order valence-corrected chi connectivity index (χ4v) is 4.10. The Morgan fingerprint density at radius 1 is 0.821 bits per heavy atom. The van der Waals surface area contributed by atoms with E-state index in [1.807, 2.05) is 18.2 Å². The average molecular weight is 592 g/mol. The molecule has 5 nitrogen and oxygen atoms in total. The Kier molecular flexibility index (Phi) is 8.21. The number of halogens is 4. The van der Waals surface area contributed by atoms with Crippen molar-refractivity contribution in [3.8, 4) is 11.3 Å². The SMILES string of the molecule is O=C(C[n+]1ccc(-c2cc(C(=O)Nc3cccc(C(F)(F)F)c3)c3ccccc3n2)cc1)c1ccccc1.[Br-]. The second-order valence-electron chi connectivity index (χ2n) is 8.65. The van der Waals surface area contributed by atoms with Gasteiger partial charge in [-0.2, -0.15) is 17.7 Å². The fourth-order valence-electron chi connectivity index (χ4n) is 4.10. The first kappa shape index (κ1) is 27.7. The average Bonchev–Trinajstić information content (AvgIpc) is 2.93. The summed E-state index contributed by atoms with van der Waals surface area (Å²) in [7, 11) is 0. The summed E-state index contributed by atoms with van der Waals surface area (Å²) in [6, 6.07) is 25.8. The normalized spacial score (nSPS) is 11.1. The molecule has 196 valence electrons. The van der Waals surface area contributed by atoms with Crippen LogP contribution in [0.1, 0.15) is 26.3 Å². The molecule has 0 unspecified atom stereocenters. The molecule has 1 N–H and O–H groups in total. The van der Waals surface area contributed by atoms with Crippen molar-refractivity contribution in [2.45, 2.75) is 12.7 Å². The van der Waals surface area contributed by atoms with E-state index >= 15 is 0 Å². The van der Waals surface area contributed by atoms with Crippen LogP contribution in [0.25, 0.3) is 22.2 Å². The van der Waals surface area contributed by atoms with Crippen molar-refractivity contribution in [3.05, 3.63) is 126 Å². The van der Waals surface area contributed by atoms with Crippen molar-refractivity contribution >= 4 is 28.3 Å². The van der Waals surface area contributed by atoms with Gasteiger partial charge in [0.05, 0.1) is 22.3 Å². The Bertz CT molecular complexity index is 1640. The highest BCUT2D eigenvalue weighted by molar-refractivity contribution is 6.13. The van der Waals surface area contributed by atoms with Crippen LogP contribution in [0.2, 0.25) is 0 Å². The van der Waals surface area contributed by atoms with Crippen LogP contribution in [0, 0.1) is 0 Å². The number of anilines is 1. The van der Waals surface area contributed by atoms with Crippen LogP contribution in [-0.4, -0.2) is 16.7 Å². The van der Waals surface area contributed by atoms with E-state index < -0.39 is 17.6 Å². The zero-order valence-corrected chi connectivity index (χ0v) is 21.9. The van der Waals surface area contributed by atoms with E-state index in [-0.39, 0.29) is 40.6 Å². The van der Waals surface area contributed by atoms with Gasteiger partial charge in [0.1, 0.15) is 0 Å². The number of amides is 1. The number of pyridine rings is 2. The summed E-state index contributed by atoms with van der Waals surface area (Å²) in [6.07, 6.45) is -1.00. The lowest BCUT2D eigenvalue weighted by Gasteiger charge is -2.12. The Morgan fingerprint density at radius 3 is 2.23 bits per heavy atom. The summed E-state index contributed by atoms with van der Waals surface area (Å²) in [6.45, 7) is 0.167. The molecule has 0 atom stereocenters. The first-order chi connectivity index (χ1) is 18.3. The number of rotatable bonds is 6. The number of nitrogens with zero attached hydrogens (tertiary/aromatic N) is 2. The third-order valence-corrected chi connectivity index (χ3v) is 6.02. The molecule has 9 heteroatoms. The van der Waals surface area contributed by atoms with Gasteiger partial charge in [0, 0.05) is 34.3 Å². The number of hydrogen-bond donors (Lipinski definition) is 1. The summed E-state index contributed by atoms with van der Waals surface area (Å²) in [5, 5.41) is 3.15. The Hall–Kier alpha value is -4.37. The quantitative estimate of drug-likeness (QED) is 0.243. The fraction of sp³-hybridized carbons (Fsp3) is 0.0667. The van der Waals surface area contributed by atoms with Crippen LogP contribution < -0.4 is 26.9 Å². The van der Waals surface area contributed by atoms with Gasteiger partial charge in [-0.1, -0.05) is 54.6 Å². The van der Waals surface area contributed by atoms with Crippen molar-refractivity contribution < 1.29 is 44.3 Å². The van der Waals surface area contributed by atoms with Gasteiger partial charge in [0.15, 0.2) is 12.4 Å². The molecular weight excluding hydrogens is 571 g/mol. The number of aromatic nitrogens is 2. The maximum atomic E-state index is 13.2. The van der Waals surface area contributed by atoms with Gasteiger partial charge in [-0.25, -0.2) is 4.98 Å². The molecule has 2 aromatic heterocycles. The van der Waals surface area contributed by atoms with Crippen LogP contribution in [0.4, 0.5) is 18.9 Å². The number of Topliss-reactive ketones (excluding diaryl/α,β-unsaturated/α-hetero) is 1. The molecule has 3 aromatic carbocycles. The summed E-state index contributed by atoms with van der Waals surface area (Å²) in [4.78, 5) is 30.4. The molecule has 1 amide bonds. The predicted molar refractivity (Wildman–Crippen MR) is 138 cm³/mol. The first-order valence-corrected chi connectivity index (χ1v) is 11.7. The van der Waals surface area contributed by atoms with Crippen molar-refractivity contribution in [2.75, 3.05) is 5.32 Å². The number of ketones is 1. The maximum absolute atomic E-state index is 13.2. The topological polar surface area (TPSA) is 62.9 Å². The maximum Gasteiger partial charge on any atom is 0.416 e. The van der Waals surface area contributed by atoms with E-state index in [9.17, 15) is 22.8 Å². The summed E-state index contributed by atoms with van der Waals surface area (Å²) >= 11 is 0. The largest absolute Gasteiger partial charge is 1.00 e. The Morgan fingerprint density at radius 2 is 1.51 bits per heavy atom. The Labute approximate surface area is 232 Å². The number of benzene rings is 3. The number of carbonyl (C=O) groups is 2. The van der Waals surface area contributed by atoms with Gasteiger partial charge in [0.2, 0.25) is 12.3 Å². The molecule has 5 aromatic rings. The van der Waals surface area contributed by atoms with Gasteiger partial charge in [-0.3, -0.25) is 9.59 Å². The summed E-state index contributed by atoms with van der Waals surface area (Å²) in [5.74, 6) is -0.579. The lowest BCUT2D eigenvalue weighted by molar-refractivity contribution is -0.683. The highest BCUT2D eigenvalue weighted by Crippen LogP contribution is 2.31. The third-order valence-electron chi connectivity index (χ3n) is 6.02. The minimum absolute atomic E-state index is 0. The molecule has 0 bridgehead atoms. The monoisotopic (exact) mass is 591 g/mol. The zero-order valence-electron chi connectivity index (χ0n) is 20.3. The van der Waals surface area contributed by atoms with Gasteiger partial charge in [-0.05, 0) is 30.3 Å². The van der Waals surface area contributed by atoms with Crippen molar-refractivity contribution in [1.29, 1.82) is 0 Å². The van der Waals surface area contributed by atoms with Gasteiger partial charge in [0.25, 0.3) is 5.91 Å². The first-order valence-electron chi connectivity index (χ1n) is 11.7. The smallest absolute Gasteiger partial charge is 0.416 e. The van der Waals surface area contributed by atoms with E-state index in [0.29, 0.717) is 27.7 Å². The van der Waals surface area contributed by atoms with E-state index in [0.717, 1.165) is 12.1 Å². The number of nitrogens with one attached hydrogen (secondary N) is 1. The van der Waals surface area contributed by atoms with Gasteiger partial charge < -0.3 is 22.3 Å². The van der Waals surface area contributed by atoms with Crippen LogP contribution in [0.15, 0.2) is 109 Å². The van der Waals surface area contributed by atoms with Crippen LogP contribution in [0.5, 0.6) is 0 Å². The number of fused-ring (bicyclic) bond motifs is 1. The van der Waals surface area contributed by atoms with Gasteiger partial charge >= 0.3 is 6.18 Å². The third kappa shape index (κ3) is 6.38. The molecule has 0 aliphatic rings. The zero-order chi connectivity index (χ0) is 26.7. The predicted octanol–water partition coefficient (Wildman–Crippen LogP) is 3.35. The minimum Gasteiger partial charge on any atom is -1.00 e. The molecule has 0 radical (unpaired) electrons. The van der Waals surface area contributed by atoms with E-state index in [4.69, 9.17) is 0 Å². The molecule has 0 aliphatic carbocycles.